The van der Waals surface area contributed by atoms with E-state index in [1.165, 1.54) is 12.1 Å². The highest BCUT2D eigenvalue weighted by Gasteiger charge is 2.17. The number of hydrogen-bond donors (Lipinski definition) is 0. The Morgan fingerprint density at radius 3 is 1.71 bits per heavy atom. The molecule has 0 atom stereocenters. The van der Waals surface area contributed by atoms with Gasteiger partial charge in [0.15, 0.2) is 5.78 Å². The summed E-state index contributed by atoms with van der Waals surface area (Å²) in [5.74, 6) is -0.586. The summed E-state index contributed by atoms with van der Waals surface area (Å²) in [5.41, 5.74) is 1.42. The first-order chi connectivity index (χ1) is 13.6. The molecule has 5 heteroatoms. The number of hydrogen-bond acceptors (Lipinski definition) is 5. The fourth-order valence-electron chi connectivity index (χ4n) is 2.56. The molecule has 5 nitrogen and oxygen atoms in total. The highest BCUT2D eigenvalue weighted by molar-refractivity contribution is 6.40. The van der Waals surface area contributed by atoms with Crippen LogP contribution in [0.25, 0.3) is 0 Å². The standard InChI is InChI=1S/C23H18O5/c1-2-27-23(26)22(25)18-10-14-20(15-11-18)28-19-12-8-17(9-13-19)21(24)16-6-4-3-5-7-16/h3-15H,2H2,1H3. The molecule has 3 aromatic rings. The van der Waals surface area contributed by atoms with Crippen LogP contribution in [0.5, 0.6) is 11.5 Å². The first-order valence-corrected chi connectivity index (χ1v) is 8.77. The Kier molecular flexibility index (Phi) is 5.97. The Morgan fingerprint density at radius 2 is 1.18 bits per heavy atom. The fourth-order valence-corrected chi connectivity index (χ4v) is 2.56. The zero-order chi connectivity index (χ0) is 19.9. The van der Waals surface area contributed by atoms with Gasteiger partial charge in [-0.1, -0.05) is 30.3 Å². The zero-order valence-electron chi connectivity index (χ0n) is 15.3. The van der Waals surface area contributed by atoms with E-state index in [1.54, 1.807) is 55.5 Å². The summed E-state index contributed by atoms with van der Waals surface area (Å²) in [7, 11) is 0. The number of carbonyl (C=O) groups is 3. The zero-order valence-corrected chi connectivity index (χ0v) is 15.3. The molecular weight excluding hydrogens is 356 g/mol. The largest absolute Gasteiger partial charge is 0.460 e. The molecule has 0 saturated carbocycles. The van der Waals surface area contributed by atoms with Gasteiger partial charge in [0.25, 0.3) is 5.78 Å². The minimum atomic E-state index is -0.880. The number of rotatable bonds is 7. The molecule has 3 rings (SSSR count). The second-order valence-electron chi connectivity index (χ2n) is 5.90. The molecule has 0 aliphatic carbocycles. The molecule has 0 N–H and O–H groups in total. The maximum atomic E-state index is 12.4. The molecule has 0 radical (unpaired) electrons. The first-order valence-electron chi connectivity index (χ1n) is 8.77. The lowest BCUT2D eigenvalue weighted by Crippen LogP contribution is -2.17. The number of ether oxygens (including phenoxy) is 2. The molecule has 0 aliphatic heterocycles. The van der Waals surface area contributed by atoms with E-state index in [-0.39, 0.29) is 18.0 Å². The van der Waals surface area contributed by atoms with Crippen molar-refractivity contribution in [3.8, 4) is 11.5 Å². The van der Waals surface area contributed by atoms with Gasteiger partial charge in [-0.3, -0.25) is 9.59 Å². The summed E-state index contributed by atoms with van der Waals surface area (Å²) in [6, 6.07) is 22.0. The van der Waals surface area contributed by atoms with Gasteiger partial charge < -0.3 is 9.47 Å². The third kappa shape index (κ3) is 4.51. The Morgan fingerprint density at radius 1 is 0.679 bits per heavy atom. The molecule has 0 saturated heterocycles. The Labute approximate surface area is 162 Å². The third-order valence-corrected chi connectivity index (χ3v) is 3.97. The van der Waals surface area contributed by atoms with E-state index in [0.29, 0.717) is 22.6 Å². The van der Waals surface area contributed by atoms with Crippen molar-refractivity contribution in [2.24, 2.45) is 0 Å². The summed E-state index contributed by atoms with van der Waals surface area (Å²) < 4.78 is 10.4. The highest BCUT2D eigenvalue weighted by atomic mass is 16.5. The summed E-state index contributed by atoms with van der Waals surface area (Å²) in [6.07, 6.45) is 0. The third-order valence-electron chi connectivity index (χ3n) is 3.97. The normalized spacial score (nSPS) is 10.2. The molecule has 0 aromatic heterocycles. The second-order valence-corrected chi connectivity index (χ2v) is 5.90. The van der Waals surface area contributed by atoms with Gasteiger partial charge >= 0.3 is 5.97 Å². The van der Waals surface area contributed by atoms with Crippen LogP contribution in [0.15, 0.2) is 78.9 Å². The molecule has 0 spiro atoms. The van der Waals surface area contributed by atoms with Crippen LogP contribution in [0.4, 0.5) is 0 Å². The summed E-state index contributed by atoms with van der Waals surface area (Å²) >= 11 is 0. The van der Waals surface area contributed by atoms with Crippen LogP contribution in [-0.4, -0.2) is 24.1 Å². The van der Waals surface area contributed by atoms with Crippen molar-refractivity contribution < 1.29 is 23.9 Å². The van der Waals surface area contributed by atoms with Gasteiger partial charge in [0.2, 0.25) is 0 Å². The Hall–Kier alpha value is -3.73. The van der Waals surface area contributed by atoms with E-state index in [2.05, 4.69) is 0 Å². The van der Waals surface area contributed by atoms with Crippen molar-refractivity contribution in [2.45, 2.75) is 6.92 Å². The number of carbonyl (C=O) groups excluding carboxylic acids is 3. The molecule has 3 aromatic carbocycles. The lowest BCUT2D eigenvalue weighted by atomic mass is 10.0. The molecule has 0 bridgehead atoms. The van der Waals surface area contributed by atoms with E-state index < -0.39 is 11.8 Å². The molecule has 0 amide bonds. The summed E-state index contributed by atoms with van der Waals surface area (Å²) in [4.78, 5) is 35.8. The lowest BCUT2D eigenvalue weighted by molar-refractivity contribution is -0.137. The minimum Gasteiger partial charge on any atom is -0.460 e. The van der Waals surface area contributed by atoms with Crippen LogP contribution in [0.2, 0.25) is 0 Å². The predicted octanol–water partition coefficient (Wildman–Crippen LogP) is 4.46. The smallest absolute Gasteiger partial charge is 0.379 e. The van der Waals surface area contributed by atoms with Gasteiger partial charge in [-0.25, -0.2) is 4.79 Å². The molecule has 0 aliphatic rings. The molecule has 140 valence electrons. The molecule has 0 heterocycles. The number of benzene rings is 3. The minimum absolute atomic E-state index is 0.0611. The van der Waals surface area contributed by atoms with Gasteiger partial charge in [0.1, 0.15) is 11.5 Å². The van der Waals surface area contributed by atoms with Gasteiger partial charge in [0.05, 0.1) is 6.61 Å². The van der Waals surface area contributed by atoms with Crippen molar-refractivity contribution in [2.75, 3.05) is 6.61 Å². The van der Waals surface area contributed by atoms with Crippen molar-refractivity contribution in [1.29, 1.82) is 0 Å². The first kappa shape index (κ1) is 19.0. The van der Waals surface area contributed by atoms with Crippen LogP contribution >= 0.6 is 0 Å². The lowest BCUT2D eigenvalue weighted by Gasteiger charge is -2.08. The maximum absolute atomic E-state index is 12.4. The number of ketones is 2. The average Bonchev–Trinajstić information content (AvgIpc) is 2.74. The van der Waals surface area contributed by atoms with Crippen LogP contribution in [0.1, 0.15) is 33.2 Å². The molecule has 0 unspecified atom stereocenters. The Balaban J connectivity index is 1.66. The molecule has 0 fully saturated rings. The SMILES string of the molecule is CCOC(=O)C(=O)c1ccc(Oc2ccc(C(=O)c3ccccc3)cc2)cc1. The second kappa shape index (κ2) is 8.77. The quantitative estimate of drug-likeness (QED) is 0.347. The van der Waals surface area contributed by atoms with E-state index >= 15 is 0 Å². The fraction of sp³-hybridized carbons (Fsp3) is 0.0870. The van der Waals surface area contributed by atoms with Crippen LogP contribution < -0.4 is 4.74 Å². The van der Waals surface area contributed by atoms with Gasteiger partial charge in [-0.2, -0.15) is 0 Å². The highest BCUT2D eigenvalue weighted by Crippen LogP contribution is 2.23. The number of esters is 1. The van der Waals surface area contributed by atoms with Crippen molar-refractivity contribution in [3.63, 3.8) is 0 Å². The monoisotopic (exact) mass is 374 g/mol. The van der Waals surface area contributed by atoms with Crippen molar-refractivity contribution >= 4 is 17.5 Å². The van der Waals surface area contributed by atoms with Gasteiger partial charge in [0, 0.05) is 16.7 Å². The average molecular weight is 374 g/mol. The van der Waals surface area contributed by atoms with Gasteiger partial charge in [-0.05, 0) is 55.5 Å². The van der Waals surface area contributed by atoms with Crippen molar-refractivity contribution in [3.05, 3.63) is 95.6 Å². The van der Waals surface area contributed by atoms with E-state index in [4.69, 9.17) is 9.47 Å². The van der Waals surface area contributed by atoms with E-state index in [9.17, 15) is 14.4 Å². The molecule has 28 heavy (non-hydrogen) atoms. The van der Waals surface area contributed by atoms with Crippen LogP contribution in [0, 0.1) is 0 Å². The Bertz CT molecular complexity index is 974. The number of Topliss-reactive ketones (excluding diaryl/α,β-unsaturated/α-hetero) is 1. The molecular formula is C23H18O5. The maximum Gasteiger partial charge on any atom is 0.379 e. The van der Waals surface area contributed by atoms with E-state index in [0.717, 1.165) is 0 Å². The van der Waals surface area contributed by atoms with E-state index in [1.807, 2.05) is 18.2 Å². The van der Waals surface area contributed by atoms with Crippen molar-refractivity contribution in [1.82, 2.24) is 0 Å². The van der Waals surface area contributed by atoms with Gasteiger partial charge in [-0.15, -0.1) is 0 Å². The summed E-state index contributed by atoms with van der Waals surface area (Å²) in [5, 5.41) is 0. The van der Waals surface area contributed by atoms with Crippen LogP contribution in [0.3, 0.4) is 0 Å². The topological polar surface area (TPSA) is 69.7 Å². The van der Waals surface area contributed by atoms with Crippen LogP contribution in [-0.2, 0) is 9.53 Å². The predicted molar refractivity (Wildman–Crippen MR) is 104 cm³/mol. The summed E-state index contributed by atoms with van der Waals surface area (Å²) in [6.45, 7) is 1.79.